The van der Waals surface area contributed by atoms with Crippen molar-refractivity contribution in [3.05, 3.63) is 35.9 Å². The van der Waals surface area contributed by atoms with E-state index in [1.165, 1.54) is 0 Å². The minimum Gasteiger partial charge on any atom is -0.481 e. The number of hydrogen-bond acceptors (Lipinski definition) is 2. The Kier molecular flexibility index (Phi) is 9.00. The van der Waals surface area contributed by atoms with Crippen LogP contribution in [0.25, 0.3) is 0 Å². The number of carboxylic acids is 1. The molecular weight excluding hydrogens is 249 g/mol. The third kappa shape index (κ3) is 9.77. The summed E-state index contributed by atoms with van der Waals surface area (Å²) < 4.78 is 1.13. The van der Waals surface area contributed by atoms with E-state index in [1.54, 1.807) is 12.1 Å². The zero-order valence-electron chi connectivity index (χ0n) is 9.07. The second kappa shape index (κ2) is 9.46. The predicted octanol–water partition coefficient (Wildman–Crippen LogP) is 3.32. The first-order valence-electron chi connectivity index (χ1n) is 4.91. The summed E-state index contributed by atoms with van der Waals surface area (Å²) in [5.41, 5.74) is 0.843. The van der Waals surface area contributed by atoms with Crippen LogP contribution in [0.3, 0.4) is 0 Å². The van der Waals surface area contributed by atoms with Crippen LogP contribution in [0.2, 0.25) is 0 Å². The van der Waals surface area contributed by atoms with Gasteiger partial charge >= 0.3 is 5.97 Å². The largest absolute Gasteiger partial charge is 0.481 e. The number of carboxylic acid groups (broad SMARTS) is 1. The molecule has 0 aliphatic rings. The van der Waals surface area contributed by atoms with E-state index in [4.69, 9.17) is 28.7 Å². The van der Waals surface area contributed by atoms with E-state index in [-0.39, 0.29) is 6.42 Å². The summed E-state index contributed by atoms with van der Waals surface area (Å²) in [6.45, 7) is 2.75. The standard InChI is InChI=1S/C8H8O2.C3H7Cl2N/c9-8(10)6-7-4-2-1-3-5-7;1-2-3-6(4)5/h1-5H,6H2,(H,9,10);2-3H2,1H3. The highest BCUT2D eigenvalue weighted by Gasteiger charge is 1.96. The lowest BCUT2D eigenvalue weighted by atomic mass is 10.2. The van der Waals surface area contributed by atoms with E-state index < -0.39 is 5.97 Å². The molecule has 0 heterocycles. The Morgan fingerprint density at radius 2 is 1.88 bits per heavy atom. The maximum absolute atomic E-state index is 10.2. The third-order valence-electron chi connectivity index (χ3n) is 1.59. The molecule has 0 fully saturated rings. The molecule has 90 valence electrons. The van der Waals surface area contributed by atoms with Crippen LogP contribution in [0.4, 0.5) is 0 Å². The highest BCUT2D eigenvalue weighted by molar-refractivity contribution is 6.33. The molecule has 0 atom stereocenters. The summed E-state index contributed by atoms with van der Waals surface area (Å²) >= 11 is 10.4. The van der Waals surface area contributed by atoms with Crippen LogP contribution < -0.4 is 0 Å². The highest BCUT2D eigenvalue weighted by atomic mass is 35.5. The minimum absolute atomic E-state index is 0.112. The molecule has 0 radical (unpaired) electrons. The smallest absolute Gasteiger partial charge is 0.307 e. The molecule has 0 aromatic heterocycles. The topological polar surface area (TPSA) is 40.5 Å². The number of hydrogen-bond donors (Lipinski definition) is 1. The Labute approximate surface area is 106 Å². The zero-order valence-corrected chi connectivity index (χ0v) is 10.6. The average molecular weight is 264 g/mol. The minimum atomic E-state index is -0.786. The molecule has 0 unspecified atom stereocenters. The van der Waals surface area contributed by atoms with Crippen molar-refractivity contribution in [2.45, 2.75) is 19.8 Å². The van der Waals surface area contributed by atoms with Crippen molar-refractivity contribution in [3.8, 4) is 0 Å². The first-order valence-corrected chi connectivity index (χ1v) is 5.58. The molecular formula is C11H15Cl2NO2. The van der Waals surface area contributed by atoms with Crippen molar-refractivity contribution >= 4 is 29.5 Å². The van der Waals surface area contributed by atoms with E-state index in [9.17, 15) is 4.79 Å². The fourth-order valence-corrected chi connectivity index (χ4v) is 1.28. The Morgan fingerprint density at radius 3 is 2.19 bits per heavy atom. The van der Waals surface area contributed by atoms with E-state index >= 15 is 0 Å². The average Bonchev–Trinajstić information content (AvgIpc) is 2.18. The molecule has 1 aromatic rings. The lowest BCUT2D eigenvalue weighted by Gasteiger charge is -1.95. The van der Waals surface area contributed by atoms with Crippen molar-refractivity contribution < 1.29 is 9.90 Å². The summed E-state index contributed by atoms with van der Waals surface area (Å²) in [7, 11) is 0. The van der Waals surface area contributed by atoms with E-state index in [1.807, 2.05) is 25.1 Å². The van der Waals surface area contributed by atoms with Gasteiger partial charge in [-0.25, -0.2) is 0 Å². The fraction of sp³-hybridized carbons (Fsp3) is 0.364. The van der Waals surface area contributed by atoms with Gasteiger partial charge in [-0.15, -0.1) is 3.94 Å². The number of benzene rings is 1. The van der Waals surface area contributed by atoms with Gasteiger partial charge in [0.25, 0.3) is 0 Å². The molecule has 0 amide bonds. The quantitative estimate of drug-likeness (QED) is 0.848. The summed E-state index contributed by atoms with van der Waals surface area (Å²) in [6.07, 6.45) is 1.10. The lowest BCUT2D eigenvalue weighted by Crippen LogP contribution is -1.98. The Bertz CT molecular complexity index is 291. The molecule has 0 saturated carbocycles. The van der Waals surface area contributed by atoms with Crippen molar-refractivity contribution in [3.63, 3.8) is 0 Å². The van der Waals surface area contributed by atoms with E-state index in [0.717, 1.165) is 22.5 Å². The summed E-state index contributed by atoms with van der Waals surface area (Å²) in [4.78, 5) is 10.2. The van der Waals surface area contributed by atoms with Crippen molar-refractivity contribution in [2.75, 3.05) is 6.54 Å². The Morgan fingerprint density at radius 1 is 1.31 bits per heavy atom. The fourth-order valence-electron chi connectivity index (χ4n) is 0.940. The lowest BCUT2D eigenvalue weighted by molar-refractivity contribution is -0.136. The van der Waals surface area contributed by atoms with Gasteiger partial charge in [0.1, 0.15) is 0 Å². The number of aliphatic carboxylic acids is 1. The molecule has 0 aliphatic heterocycles. The van der Waals surface area contributed by atoms with Crippen molar-refractivity contribution in [1.82, 2.24) is 3.94 Å². The van der Waals surface area contributed by atoms with Gasteiger partial charge < -0.3 is 5.11 Å². The maximum atomic E-state index is 10.2. The second-order valence-corrected chi connectivity index (χ2v) is 4.07. The molecule has 16 heavy (non-hydrogen) atoms. The zero-order chi connectivity index (χ0) is 12.4. The van der Waals surface area contributed by atoms with Crippen LogP contribution in [0.15, 0.2) is 30.3 Å². The molecule has 3 nitrogen and oxygen atoms in total. The van der Waals surface area contributed by atoms with Gasteiger partial charge in [-0.3, -0.25) is 4.79 Å². The van der Waals surface area contributed by atoms with Crippen molar-refractivity contribution in [1.29, 1.82) is 0 Å². The SMILES string of the molecule is CCCN(Cl)Cl.O=C(O)Cc1ccccc1. The normalized spacial score (nSPS) is 9.50. The van der Waals surface area contributed by atoms with Crippen LogP contribution in [-0.2, 0) is 11.2 Å². The van der Waals surface area contributed by atoms with Gasteiger partial charge in [-0.05, 0) is 35.5 Å². The molecule has 0 bridgehead atoms. The molecule has 0 saturated heterocycles. The van der Waals surface area contributed by atoms with Gasteiger partial charge in [0, 0.05) is 6.54 Å². The highest BCUT2D eigenvalue weighted by Crippen LogP contribution is 1.98. The molecule has 0 aliphatic carbocycles. The maximum Gasteiger partial charge on any atom is 0.307 e. The molecule has 1 N–H and O–H groups in total. The van der Waals surface area contributed by atoms with Gasteiger partial charge in [-0.2, -0.15) is 0 Å². The molecule has 1 aromatic carbocycles. The van der Waals surface area contributed by atoms with Crippen LogP contribution in [0, 0.1) is 0 Å². The van der Waals surface area contributed by atoms with Gasteiger partial charge in [0.15, 0.2) is 0 Å². The van der Waals surface area contributed by atoms with Crippen LogP contribution >= 0.6 is 23.6 Å². The summed E-state index contributed by atoms with van der Waals surface area (Å²) in [5, 5.41) is 8.37. The van der Waals surface area contributed by atoms with Gasteiger partial charge in [-0.1, -0.05) is 37.3 Å². The van der Waals surface area contributed by atoms with Crippen LogP contribution in [-0.4, -0.2) is 21.6 Å². The second-order valence-electron chi connectivity index (χ2n) is 3.08. The Balaban J connectivity index is 0.000000325. The van der Waals surface area contributed by atoms with E-state index in [0.29, 0.717) is 0 Å². The molecule has 5 heteroatoms. The summed E-state index contributed by atoms with van der Waals surface area (Å²) in [6, 6.07) is 9.13. The Hall–Kier alpha value is -0.770. The number of halogens is 2. The van der Waals surface area contributed by atoms with E-state index in [2.05, 4.69) is 0 Å². The van der Waals surface area contributed by atoms with Gasteiger partial charge in [0.2, 0.25) is 0 Å². The third-order valence-corrected chi connectivity index (χ3v) is 1.93. The first-order chi connectivity index (χ1) is 7.56. The number of nitrogens with zero attached hydrogens (tertiary/aromatic N) is 1. The predicted molar refractivity (Wildman–Crippen MR) is 66.5 cm³/mol. The van der Waals surface area contributed by atoms with Gasteiger partial charge in [0.05, 0.1) is 6.42 Å². The first kappa shape index (κ1) is 15.2. The van der Waals surface area contributed by atoms with Crippen LogP contribution in [0.1, 0.15) is 18.9 Å². The number of carbonyl (C=O) groups is 1. The molecule has 0 spiro atoms. The van der Waals surface area contributed by atoms with Crippen molar-refractivity contribution in [2.24, 2.45) is 0 Å². The van der Waals surface area contributed by atoms with Crippen LogP contribution in [0.5, 0.6) is 0 Å². The summed E-state index contributed by atoms with van der Waals surface area (Å²) in [5.74, 6) is -0.786. The monoisotopic (exact) mass is 263 g/mol. The number of rotatable bonds is 4. The molecule has 1 rings (SSSR count).